The molecule has 0 saturated heterocycles. The highest BCUT2D eigenvalue weighted by atomic mass is 35.5. The number of halogens is 1. The summed E-state index contributed by atoms with van der Waals surface area (Å²) >= 11 is 6.00. The van der Waals surface area contributed by atoms with Crippen LogP contribution in [0.2, 0.25) is 5.02 Å². The maximum absolute atomic E-state index is 12.4. The molecule has 1 amide bonds. The van der Waals surface area contributed by atoms with Crippen molar-refractivity contribution in [1.29, 1.82) is 0 Å². The molecule has 0 saturated carbocycles. The number of carbonyl (C=O) groups is 1. The Morgan fingerprint density at radius 1 is 1.19 bits per heavy atom. The minimum atomic E-state index is -0.130. The molecule has 4 nitrogen and oxygen atoms in total. The smallest absolute Gasteiger partial charge is 0.267 e. The number of benzene rings is 2. The summed E-state index contributed by atoms with van der Waals surface area (Å²) < 4.78 is 0. The van der Waals surface area contributed by atoms with Crippen LogP contribution in [0.4, 0.5) is 0 Å². The van der Waals surface area contributed by atoms with Crippen LogP contribution in [0.5, 0.6) is 0 Å². The molecule has 0 unspecified atom stereocenters. The van der Waals surface area contributed by atoms with Crippen molar-refractivity contribution in [1.82, 2.24) is 15.3 Å². The number of H-pyrrole nitrogens is 2. The number of nitrogens with one attached hydrogen (secondary N) is 3. The molecule has 0 atom stereocenters. The molecule has 2 radical (unpaired) electrons. The highest BCUT2D eigenvalue weighted by Gasteiger charge is 2.12. The molecule has 0 aliphatic rings. The first-order chi connectivity index (χ1) is 12.5. The van der Waals surface area contributed by atoms with Crippen molar-refractivity contribution >= 4 is 52.6 Å². The van der Waals surface area contributed by atoms with Crippen molar-refractivity contribution in [2.24, 2.45) is 0 Å². The first-order valence-corrected chi connectivity index (χ1v) is 8.83. The summed E-state index contributed by atoms with van der Waals surface area (Å²) in [6.07, 6.45) is 0.729. The van der Waals surface area contributed by atoms with Crippen LogP contribution >= 0.6 is 11.6 Å². The van der Waals surface area contributed by atoms with Crippen molar-refractivity contribution in [3.05, 3.63) is 64.4 Å². The van der Waals surface area contributed by atoms with Crippen LogP contribution in [-0.4, -0.2) is 30.3 Å². The molecule has 128 valence electrons. The molecule has 0 aliphatic heterocycles. The van der Waals surface area contributed by atoms with Gasteiger partial charge in [-0.2, -0.15) is 0 Å². The van der Waals surface area contributed by atoms with Crippen molar-refractivity contribution in [2.45, 2.75) is 13.3 Å². The Labute approximate surface area is 157 Å². The highest BCUT2D eigenvalue weighted by molar-refractivity contribution is 6.38. The average Bonchev–Trinajstić information content (AvgIpc) is 3.17. The van der Waals surface area contributed by atoms with Crippen LogP contribution < -0.4 is 10.8 Å². The fourth-order valence-corrected chi connectivity index (χ4v) is 3.55. The van der Waals surface area contributed by atoms with Crippen LogP contribution in [0.3, 0.4) is 0 Å². The topological polar surface area (TPSA) is 60.7 Å². The van der Waals surface area contributed by atoms with E-state index in [2.05, 4.69) is 15.3 Å². The number of rotatable bonds is 4. The maximum Gasteiger partial charge on any atom is 0.267 e. The molecular formula is C20H17BClN3O. The molecular weight excluding hydrogens is 345 g/mol. The Morgan fingerprint density at radius 3 is 2.88 bits per heavy atom. The molecule has 2 aromatic carbocycles. The quantitative estimate of drug-likeness (QED) is 0.480. The van der Waals surface area contributed by atoms with E-state index in [4.69, 9.17) is 19.4 Å². The van der Waals surface area contributed by atoms with Crippen molar-refractivity contribution in [3.63, 3.8) is 0 Å². The van der Waals surface area contributed by atoms with Gasteiger partial charge in [-0.15, -0.1) is 0 Å². The Balaban J connectivity index is 1.48. The molecule has 0 spiro atoms. The lowest BCUT2D eigenvalue weighted by Crippen LogP contribution is -2.26. The number of aryl methyl sites for hydroxylation is 1. The molecule has 4 aromatic rings. The second kappa shape index (κ2) is 6.58. The zero-order valence-electron chi connectivity index (χ0n) is 14.3. The van der Waals surface area contributed by atoms with E-state index in [9.17, 15) is 4.79 Å². The van der Waals surface area contributed by atoms with Crippen LogP contribution in [0.1, 0.15) is 21.7 Å². The lowest BCUT2D eigenvalue weighted by Gasteiger charge is -2.05. The highest BCUT2D eigenvalue weighted by Crippen LogP contribution is 2.21. The van der Waals surface area contributed by atoms with Gasteiger partial charge >= 0.3 is 0 Å². The molecule has 4 rings (SSSR count). The van der Waals surface area contributed by atoms with Gasteiger partial charge in [-0.3, -0.25) is 4.79 Å². The Kier molecular flexibility index (Phi) is 4.25. The van der Waals surface area contributed by atoms with Gasteiger partial charge in [0, 0.05) is 39.1 Å². The standard InChI is InChI=1S/C20H17BClN3O/c1-11-14(15-3-2-4-16(21)19(15)24-11)7-8-23-20(26)18-10-12-9-13(22)5-6-17(12)25-18/h2-6,9-10,24-25H,7-8H2,1H3,(H,23,26). The lowest BCUT2D eigenvalue weighted by molar-refractivity contribution is 0.0950. The van der Waals surface area contributed by atoms with Crippen molar-refractivity contribution < 1.29 is 4.79 Å². The Morgan fingerprint density at radius 2 is 2.04 bits per heavy atom. The van der Waals surface area contributed by atoms with Gasteiger partial charge in [0.15, 0.2) is 0 Å². The number of fused-ring (bicyclic) bond motifs is 2. The summed E-state index contributed by atoms with van der Waals surface area (Å²) in [6.45, 7) is 2.57. The van der Waals surface area contributed by atoms with Gasteiger partial charge in [-0.05, 0) is 43.2 Å². The maximum atomic E-state index is 12.4. The van der Waals surface area contributed by atoms with Crippen LogP contribution in [0.15, 0.2) is 42.5 Å². The second-order valence-corrected chi connectivity index (χ2v) is 6.86. The van der Waals surface area contributed by atoms with E-state index in [1.165, 1.54) is 5.56 Å². The minimum Gasteiger partial charge on any atom is -0.359 e. The molecule has 26 heavy (non-hydrogen) atoms. The number of aromatic nitrogens is 2. The van der Waals surface area contributed by atoms with E-state index in [1.807, 2.05) is 43.3 Å². The largest absolute Gasteiger partial charge is 0.359 e. The van der Waals surface area contributed by atoms with Crippen molar-refractivity contribution in [3.8, 4) is 0 Å². The number of aromatic amines is 2. The Hall–Kier alpha value is -2.66. The third kappa shape index (κ3) is 2.99. The molecule has 3 N–H and O–H groups in total. The van der Waals surface area contributed by atoms with Crippen molar-refractivity contribution in [2.75, 3.05) is 6.54 Å². The second-order valence-electron chi connectivity index (χ2n) is 6.42. The van der Waals surface area contributed by atoms with Crippen LogP contribution in [-0.2, 0) is 6.42 Å². The summed E-state index contributed by atoms with van der Waals surface area (Å²) in [5.74, 6) is -0.130. The first-order valence-electron chi connectivity index (χ1n) is 8.45. The summed E-state index contributed by atoms with van der Waals surface area (Å²) in [5, 5.41) is 5.65. The number of amides is 1. The van der Waals surface area contributed by atoms with E-state index in [0.29, 0.717) is 17.3 Å². The van der Waals surface area contributed by atoms with E-state index in [0.717, 1.165) is 39.4 Å². The SMILES string of the molecule is [B]c1cccc2c(CCNC(=O)c3cc4cc(Cl)ccc4[nH]3)c(C)[nH]c12. The normalized spacial score (nSPS) is 11.3. The van der Waals surface area contributed by atoms with Gasteiger partial charge in [0.1, 0.15) is 13.5 Å². The van der Waals surface area contributed by atoms with Gasteiger partial charge in [0.25, 0.3) is 5.91 Å². The number of hydrogen-bond donors (Lipinski definition) is 3. The summed E-state index contributed by atoms with van der Waals surface area (Å²) in [7, 11) is 6.02. The monoisotopic (exact) mass is 361 g/mol. The average molecular weight is 362 g/mol. The zero-order valence-corrected chi connectivity index (χ0v) is 15.1. The zero-order chi connectivity index (χ0) is 18.3. The molecule has 0 aliphatic carbocycles. The van der Waals surface area contributed by atoms with E-state index < -0.39 is 0 Å². The van der Waals surface area contributed by atoms with E-state index >= 15 is 0 Å². The number of hydrogen-bond acceptors (Lipinski definition) is 1. The van der Waals surface area contributed by atoms with Gasteiger partial charge in [-0.25, -0.2) is 0 Å². The molecule has 2 heterocycles. The van der Waals surface area contributed by atoms with Gasteiger partial charge in [0.05, 0.1) is 0 Å². The third-order valence-corrected chi connectivity index (χ3v) is 4.91. The summed E-state index contributed by atoms with van der Waals surface area (Å²) in [6, 6.07) is 13.2. The summed E-state index contributed by atoms with van der Waals surface area (Å²) in [4.78, 5) is 18.9. The fraction of sp³-hybridized carbons (Fsp3) is 0.150. The van der Waals surface area contributed by atoms with Gasteiger partial charge < -0.3 is 15.3 Å². The first kappa shape index (κ1) is 16.8. The summed E-state index contributed by atoms with van der Waals surface area (Å²) in [5.41, 5.74) is 5.37. The van der Waals surface area contributed by atoms with Crippen LogP contribution in [0, 0.1) is 6.92 Å². The van der Waals surface area contributed by atoms with E-state index in [-0.39, 0.29) is 5.91 Å². The molecule has 0 fully saturated rings. The number of para-hydroxylation sites is 1. The molecule has 6 heteroatoms. The predicted octanol–water partition coefficient (Wildman–Crippen LogP) is 3.38. The molecule has 0 bridgehead atoms. The fourth-order valence-electron chi connectivity index (χ4n) is 3.37. The Bertz CT molecular complexity index is 1130. The van der Waals surface area contributed by atoms with Crippen LogP contribution in [0.25, 0.3) is 21.8 Å². The number of carbonyl (C=O) groups excluding carboxylic acids is 1. The molecule has 2 aromatic heterocycles. The van der Waals surface area contributed by atoms with E-state index in [1.54, 1.807) is 6.07 Å². The van der Waals surface area contributed by atoms with Gasteiger partial charge in [-0.1, -0.05) is 35.3 Å². The minimum absolute atomic E-state index is 0.130. The predicted molar refractivity (Wildman–Crippen MR) is 108 cm³/mol. The third-order valence-electron chi connectivity index (χ3n) is 4.67. The lowest BCUT2D eigenvalue weighted by atomic mass is 9.93. The van der Waals surface area contributed by atoms with Gasteiger partial charge in [0.2, 0.25) is 0 Å².